The van der Waals surface area contributed by atoms with Gasteiger partial charge in [-0.2, -0.15) is 0 Å². The lowest BCUT2D eigenvalue weighted by Gasteiger charge is -2.16. The molecule has 0 atom stereocenters. The van der Waals surface area contributed by atoms with Gasteiger partial charge in [-0.15, -0.1) is 0 Å². The number of aromatic amines is 1. The second-order valence-electron chi connectivity index (χ2n) is 4.81. The lowest BCUT2D eigenvalue weighted by atomic mass is 10.2. The first kappa shape index (κ1) is 15.1. The number of hydrogen-bond acceptors (Lipinski definition) is 2. The molecule has 21 heavy (non-hydrogen) atoms. The van der Waals surface area contributed by atoms with E-state index in [2.05, 4.69) is 10.3 Å². The molecule has 0 spiro atoms. The van der Waals surface area contributed by atoms with Gasteiger partial charge in [0, 0.05) is 18.9 Å². The van der Waals surface area contributed by atoms with Crippen LogP contribution in [0.2, 0.25) is 5.02 Å². The van der Waals surface area contributed by atoms with Crippen molar-refractivity contribution < 1.29 is 9.59 Å². The molecule has 0 aliphatic rings. The summed E-state index contributed by atoms with van der Waals surface area (Å²) >= 11 is 5.75. The Morgan fingerprint density at radius 1 is 1.29 bits per heavy atom. The third-order valence-electron chi connectivity index (χ3n) is 2.94. The van der Waals surface area contributed by atoms with Crippen molar-refractivity contribution in [3.05, 3.63) is 52.8 Å². The molecule has 0 fully saturated rings. The maximum absolute atomic E-state index is 12.0. The van der Waals surface area contributed by atoms with Gasteiger partial charge in [-0.3, -0.25) is 9.59 Å². The number of anilines is 1. The highest BCUT2D eigenvalue weighted by Gasteiger charge is 2.16. The van der Waals surface area contributed by atoms with E-state index in [9.17, 15) is 9.59 Å². The number of halogens is 1. The average molecular weight is 306 g/mol. The molecule has 1 heterocycles. The zero-order valence-corrected chi connectivity index (χ0v) is 12.6. The summed E-state index contributed by atoms with van der Waals surface area (Å²) in [6, 6.07) is 8.98. The average Bonchev–Trinajstić information content (AvgIpc) is 2.87. The van der Waals surface area contributed by atoms with Crippen molar-refractivity contribution >= 4 is 29.1 Å². The number of aryl methyl sites for hydroxylation is 1. The highest BCUT2D eigenvalue weighted by atomic mass is 35.5. The Bertz CT molecular complexity index is 649. The fraction of sp³-hybridized carbons (Fsp3) is 0.200. The molecule has 110 valence electrons. The van der Waals surface area contributed by atoms with Gasteiger partial charge in [-0.1, -0.05) is 29.3 Å². The van der Waals surface area contributed by atoms with Crippen LogP contribution in [-0.4, -0.2) is 35.3 Å². The summed E-state index contributed by atoms with van der Waals surface area (Å²) in [5, 5.41) is 3.20. The number of carbonyl (C=O) groups is 2. The highest BCUT2D eigenvalue weighted by molar-refractivity contribution is 6.31. The molecule has 2 rings (SSSR count). The molecule has 0 unspecified atom stereocenters. The molecule has 1 aromatic carbocycles. The molecule has 2 aromatic rings. The first-order valence-corrected chi connectivity index (χ1v) is 6.79. The van der Waals surface area contributed by atoms with E-state index in [4.69, 9.17) is 11.6 Å². The molecular weight excluding hydrogens is 290 g/mol. The van der Waals surface area contributed by atoms with Gasteiger partial charge in [-0.05, 0) is 25.1 Å². The summed E-state index contributed by atoms with van der Waals surface area (Å²) in [6.07, 6.45) is 1.52. The standard InChI is InChI=1S/C15H16ClN3O2/c1-10-3-5-12(6-4-10)18-14(20)9-19(2)15(21)13-7-11(16)8-17-13/h3-8,17H,9H2,1-2H3,(H,18,20). The maximum Gasteiger partial charge on any atom is 0.270 e. The Hall–Kier alpha value is -2.27. The highest BCUT2D eigenvalue weighted by Crippen LogP contribution is 2.11. The van der Waals surface area contributed by atoms with Crippen LogP contribution >= 0.6 is 11.6 Å². The number of nitrogens with zero attached hydrogens (tertiary/aromatic N) is 1. The van der Waals surface area contributed by atoms with Gasteiger partial charge in [0.05, 0.1) is 11.6 Å². The Balaban J connectivity index is 1.92. The fourth-order valence-corrected chi connectivity index (χ4v) is 1.99. The van der Waals surface area contributed by atoms with Crippen LogP contribution in [0.15, 0.2) is 36.5 Å². The van der Waals surface area contributed by atoms with Crippen LogP contribution in [0.25, 0.3) is 0 Å². The van der Waals surface area contributed by atoms with Gasteiger partial charge >= 0.3 is 0 Å². The minimum Gasteiger partial charge on any atom is -0.356 e. The summed E-state index contributed by atoms with van der Waals surface area (Å²) < 4.78 is 0. The van der Waals surface area contributed by atoms with Crippen LogP contribution in [0.1, 0.15) is 16.1 Å². The summed E-state index contributed by atoms with van der Waals surface area (Å²) in [5.41, 5.74) is 2.17. The van der Waals surface area contributed by atoms with E-state index in [0.717, 1.165) is 5.56 Å². The number of aromatic nitrogens is 1. The first-order valence-electron chi connectivity index (χ1n) is 6.41. The molecule has 1 aromatic heterocycles. The van der Waals surface area contributed by atoms with Gasteiger partial charge in [-0.25, -0.2) is 0 Å². The Labute approximate surface area is 127 Å². The largest absolute Gasteiger partial charge is 0.356 e. The molecule has 2 amide bonds. The summed E-state index contributed by atoms with van der Waals surface area (Å²) in [5.74, 6) is -0.548. The molecule has 5 nitrogen and oxygen atoms in total. The lowest BCUT2D eigenvalue weighted by Crippen LogP contribution is -2.35. The van der Waals surface area contributed by atoms with Crippen LogP contribution in [-0.2, 0) is 4.79 Å². The number of nitrogens with one attached hydrogen (secondary N) is 2. The van der Waals surface area contributed by atoms with E-state index in [1.165, 1.54) is 17.2 Å². The lowest BCUT2D eigenvalue weighted by molar-refractivity contribution is -0.116. The van der Waals surface area contributed by atoms with Crippen LogP contribution in [0.5, 0.6) is 0 Å². The van der Waals surface area contributed by atoms with Gasteiger partial charge in [0.2, 0.25) is 5.91 Å². The number of likely N-dealkylation sites (N-methyl/N-ethyl adjacent to an activating group) is 1. The third-order valence-corrected chi connectivity index (χ3v) is 3.16. The van der Waals surface area contributed by atoms with Crippen LogP contribution in [0, 0.1) is 6.92 Å². The maximum atomic E-state index is 12.0. The van der Waals surface area contributed by atoms with E-state index in [0.29, 0.717) is 16.4 Å². The number of carbonyl (C=O) groups excluding carboxylic acids is 2. The number of H-pyrrole nitrogens is 1. The van der Waals surface area contributed by atoms with Crippen molar-refractivity contribution in [1.82, 2.24) is 9.88 Å². The number of amides is 2. The van der Waals surface area contributed by atoms with Crippen molar-refractivity contribution in [2.45, 2.75) is 6.92 Å². The molecule has 0 saturated carbocycles. The predicted octanol–water partition coefficient (Wildman–Crippen LogP) is 2.69. The zero-order chi connectivity index (χ0) is 15.4. The number of rotatable bonds is 4. The van der Waals surface area contributed by atoms with Gasteiger partial charge in [0.15, 0.2) is 0 Å². The second kappa shape index (κ2) is 6.45. The van der Waals surface area contributed by atoms with Crippen LogP contribution < -0.4 is 5.32 Å². The van der Waals surface area contributed by atoms with Crippen molar-refractivity contribution in [2.24, 2.45) is 0 Å². The smallest absolute Gasteiger partial charge is 0.270 e. The molecule has 0 bridgehead atoms. The Morgan fingerprint density at radius 3 is 2.52 bits per heavy atom. The van der Waals surface area contributed by atoms with Crippen molar-refractivity contribution in [2.75, 3.05) is 18.9 Å². The minimum absolute atomic E-state index is 0.0383. The van der Waals surface area contributed by atoms with Crippen molar-refractivity contribution in [1.29, 1.82) is 0 Å². The first-order chi connectivity index (χ1) is 9.95. The van der Waals surface area contributed by atoms with Crippen LogP contribution in [0.3, 0.4) is 0 Å². The molecular formula is C15H16ClN3O2. The van der Waals surface area contributed by atoms with Gasteiger partial charge < -0.3 is 15.2 Å². The van der Waals surface area contributed by atoms with Crippen molar-refractivity contribution in [3.8, 4) is 0 Å². The molecule has 0 aliphatic heterocycles. The topological polar surface area (TPSA) is 65.2 Å². The number of benzene rings is 1. The van der Waals surface area contributed by atoms with Gasteiger partial charge in [0.1, 0.15) is 5.69 Å². The zero-order valence-electron chi connectivity index (χ0n) is 11.8. The van der Waals surface area contributed by atoms with Crippen LogP contribution in [0.4, 0.5) is 5.69 Å². The van der Waals surface area contributed by atoms with E-state index in [1.54, 1.807) is 7.05 Å². The molecule has 6 heteroatoms. The monoisotopic (exact) mass is 305 g/mol. The van der Waals surface area contributed by atoms with Crippen molar-refractivity contribution in [3.63, 3.8) is 0 Å². The summed E-state index contributed by atoms with van der Waals surface area (Å²) in [7, 11) is 1.56. The van der Waals surface area contributed by atoms with E-state index in [1.807, 2.05) is 31.2 Å². The van der Waals surface area contributed by atoms with E-state index < -0.39 is 0 Å². The summed E-state index contributed by atoms with van der Waals surface area (Å²) in [4.78, 5) is 28.0. The second-order valence-corrected chi connectivity index (χ2v) is 5.24. The molecule has 2 N–H and O–H groups in total. The molecule has 0 radical (unpaired) electrons. The fourth-order valence-electron chi connectivity index (χ4n) is 1.82. The van der Waals surface area contributed by atoms with E-state index >= 15 is 0 Å². The number of hydrogen-bond donors (Lipinski definition) is 2. The normalized spacial score (nSPS) is 10.2. The van der Waals surface area contributed by atoms with E-state index in [-0.39, 0.29) is 18.4 Å². The predicted molar refractivity (Wildman–Crippen MR) is 82.6 cm³/mol. The minimum atomic E-state index is -0.291. The Kier molecular flexibility index (Phi) is 4.65. The Morgan fingerprint density at radius 2 is 1.95 bits per heavy atom. The summed E-state index contributed by atoms with van der Waals surface area (Å²) in [6.45, 7) is 1.93. The molecule has 0 aliphatic carbocycles. The third kappa shape index (κ3) is 4.10. The quantitative estimate of drug-likeness (QED) is 0.912. The molecule has 0 saturated heterocycles. The van der Waals surface area contributed by atoms with Gasteiger partial charge in [0.25, 0.3) is 5.91 Å². The SMILES string of the molecule is Cc1ccc(NC(=O)CN(C)C(=O)c2cc(Cl)c[nH]2)cc1.